The summed E-state index contributed by atoms with van der Waals surface area (Å²) in [5, 5.41) is 13.3. The quantitative estimate of drug-likeness (QED) is 0.811. The van der Waals surface area contributed by atoms with Crippen LogP contribution in [0.1, 0.15) is 34.9 Å². The zero-order chi connectivity index (χ0) is 15.4. The van der Waals surface area contributed by atoms with Crippen LogP contribution in [-0.2, 0) is 6.42 Å². The van der Waals surface area contributed by atoms with Crippen molar-refractivity contribution in [3.8, 4) is 6.07 Å². The van der Waals surface area contributed by atoms with Gasteiger partial charge in [0, 0.05) is 5.69 Å². The fourth-order valence-electron chi connectivity index (χ4n) is 2.12. The minimum atomic E-state index is -0.378. The van der Waals surface area contributed by atoms with Crippen LogP contribution >= 0.6 is 0 Å². The number of rotatable bonds is 3. The zero-order valence-electron chi connectivity index (χ0n) is 12.4. The van der Waals surface area contributed by atoms with E-state index in [4.69, 9.17) is 5.26 Å². The average Bonchev–Trinajstić information content (AvgIpc) is 2.47. The van der Waals surface area contributed by atoms with E-state index in [2.05, 4.69) is 12.0 Å². The Morgan fingerprint density at radius 2 is 1.95 bits per heavy atom. The van der Waals surface area contributed by atoms with Gasteiger partial charge in [-0.25, -0.2) is 4.68 Å². The predicted octanol–water partition coefficient (Wildman–Crippen LogP) is 2.78. The molecule has 0 spiro atoms. The summed E-state index contributed by atoms with van der Waals surface area (Å²) in [6.07, 6.45) is 2.61. The van der Waals surface area contributed by atoms with Gasteiger partial charge >= 0.3 is 0 Å². The molecule has 2 rings (SSSR count). The Bertz CT molecular complexity index is 777. The molecule has 0 unspecified atom stereocenters. The molecule has 0 aliphatic heterocycles. The Morgan fingerprint density at radius 3 is 2.52 bits per heavy atom. The maximum absolute atomic E-state index is 12.2. The molecule has 0 amide bonds. The van der Waals surface area contributed by atoms with Crippen LogP contribution in [0.3, 0.4) is 0 Å². The average molecular weight is 279 g/mol. The lowest BCUT2D eigenvalue weighted by atomic mass is 10.1. The molecule has 0 aliphatic carbocycles. The predicted molar refractivity (Wildman–Crippen MR) is 83.7 cm³/mol. The van der Waals surface area contributed by atoms with E-state index in [-0.39, 0.29) is 11.1 Å². The monoisotopic (exact) mass is 279 g/mol. The van der Waals surface area contributed by atoms with Crippen LogP contribution in [0.4, 0.5) is 0 Å². The van der Waals surface area contributed by atoms with Crippen molar-refractivity contribution >= 4 is 6.21 Å². The van der Waals surface area contributed by atoms with E-state index in [1.54, 1.807) is 26.1 Å². The number of aryl methyl sites for hydroxylation is 3. The van der Waals surface area contributed by atoms with Gasteiger partial charge in [-0.2, -0.15) is 10.4 Å². The van der Waals surface area contributed by atoms with Crippen molar-refractivity contribution in [3.63, 3.8) is 0 Å². The van der Waals surface area contributed by atoms with Crippen LogP contribution in [0.2, 0.25) is 0 Å². The molecule has 0 saturated carbocycles. The molecule has 0 bridgehead atoms. The van der Waals surface area contributed by atoms with Gasteiger partial charge in [0.2, 0.25) is 0 Å². The molecule has 0 N–H and O–H groups in total. The van der Waals surface area contributed by atoms with Crippen LogP contribution < -0.4 is 5.56 Å². The third kappa shape index (κ3) is 3.09. The molecular weight excluding hydrogens is 262 g/mol. The molecule has 1 aromatic heterocycles. The van der Waals surface area contributed by atoms with Gasteiger partial charge in [0.05, 0.1) is 6.21 Å². The zero-order valence-corrected chi connectivity index (χ0v) is 12.4. The lowest BCUT2D eigenvalue weighted by Crippen LogP contribution is -2.22. The molecule has 4 heteroatoms. The van der Waals surface area contributed by atoms with E-state index < -0.39 is 0 Å². The number of pyridine rings is 1. The summed E-state index contributed by atoms with van der Waals surface area (Å²) in [6, 6.07) is 11.7. The van der Waals surface area contributed by atoms with Crippen molar-refractivity contribution in [1.29, 1.82) is 5.26 Å². The Hall–Kier alpha value is -2.67. The van der Waals surface area contributed by atoms with Crippen LogP contribution in [-0.4, -0.2) is 10.9 Å². The minimum Gasteiger partial charge on any atom is -0.266 e. The van der Waals surface area contributed by atoms with Crippen molar-refractivity contribution < 1.29 is 0 Å². The van der Waals surface area contributed by atoms with E-state index in [1.807, 2.05) is 30.3 Å². The fourth-order valence-corrected chi connectivity index (χ4v) is 2.12. The fraction of sp³-hybridized carbons (Fsp3) is 0.235. The molecule has 2 aromatic rings. The van der Waals surface area contributed by atoms with E-state index >= 15 is 0 Å². The standard InChI is InChI=1S/C17H17N3O/c1-4-14-5-7-15(8-6-14)11-19-20-13(3)9-12(2)16(10-18)17(20)21/h5-9,11H,4H2,1-3H3/b19-11-. The summed E-state index contributed by atoms with van der Waals surface area (Å²) in [5.41, 5.74) is 3.31. The van der Waals surface area contributed by atoms with Crippen LogP contribution in [0.15, 0.2) is 40.2 Å². The largest absolute Gasteiger partial charge is 0.289 e. The second-order valence-corrected chi connectivity index (χ2v) is 4.91. The second-order valence-electron chi connectivity index (χ2n) is 4.91. The van der Waals surface area contributed by atoms with Gasteiger partial charge in [-0.3, -0.25) is 4.79 Å². The highest BCUT2D eigenvalue weighted by atomic mass is 16.1. The molecule has 106 valence electrons. The topological polar surface area (TPSA) is 58.1 Å². The van der Waals surface area contributed by atoms with Gasteiger partial charge in [0.1, 0.15) is 11.6 Å². The normalized spacial score (nSPS) is 10.8. The van der Waals surface area contributed by atoms with Crippen molar-refractivity contribution in [1.82, 2.24) is 4.68 Å². The summed E-state index contributed by atoms with van der Waals surface area (Å²) in [7, 11) is 0. The highest BCUT2D eigenvalue weighted by molar-refractivity contribution is 5.79. The molecule has 0 atom stereocenters. The highest BCUT2D eigenvalue weighted by Gasteiger charge is 2.08. The third-order valence-corrected chi connectivity index (χ3v) is 3.38. The van der Waals surface area contributed by atoms with Crippen molar-refractivity contribution in [2.45, 2.75) is 27.2 Å². The summed E-state index contributed by atoms with van der Waals surface area (Å²) in [6.45, 7) is 5.65. The Kier molecular flexibility index (Phi) is 4.34. The number of nitrogens with zero attached hydrogens (tertiary/aromatic N) is 3. The van der Waals surface area contributed by atoms with Crippen molar-refractivity contribution in [3.05, 3.63) is 68.6 Å². The minimum absolute atomic E-state index is 0.138. The second kappa shape index (κ2) is 6.19. The molecule has 0 radical (unpaired) electrons. The molecule has 0 aliphatic rings. The van der Waals surface area contributed by atoms with Crippen molar-refractivity contribution in [2.75, 3.05) is 0 Å². The maximum Gasteiger partial charge on any atom is 0.289 e. The number of hydrogen-bond donors (Lipinski definition) is 0. The van der Waals surface area contributed by atoms with Crippen LogP contribution in [0, 0.1) is 25.2 Å². The van der Waals surface area contributed by atoms with Gasteiger partial charge in [-0.1, -0.05) is 31.2 Å². The van der Waals surface area contributed by atoms with Crippen molar-refractivity contribution in [2.24, 2.45) is 5.10 Å². The molecule has 1 aromatic carbocycles. The van der Waals surface area contributed by atoms with Gasteiger partial charge in [0.15, 0.2) is 0 Å². The number of benzene rings is 1. The molecule has 0 saturated heterocycles. The Balaban J connectivity index is 2.41. The Morgan fingerprint density at radius 1 is 1.29 bits per heavy atom. The first-order chi connectivity index (χ1) is 10.1. The summed E-state index contributed by atoms with van der Waals surface area (Å²) >= 11 is 0. The van der Waals surface area contributed by atoms with E-state index in [1.165, 1.54) is 10.2 Å². The van der Waals surface area contributed by atoms with Gasteiger partial charge in [-0.15, -0.1) is 0 Å². The number of nitriles is 1. The smallest absolute Gasteiger partial charge is 0.266 e. The highest BCUT2D eigenvalue weighted by Crippen LogP contribution is 2.06. The first-order valence-corrected chi connectivity index (χ1v) is 6.83. The third-order valence-electron chi connectivity index (χ3n) is 3.38. The number of hydrogen-bond acceptors (Lipinski definition) is 3. The maximum atomic E-state index is 12.2. The lowest BCUT2D eigenvalue weighted by molar-refractivity contribution is 0.786. The summed E-state index contributed by atoms with van der Waals surface area (Å²) in [5.74, 6) is 0. The van der Waals surface area contributed by atoms with Crippen LogP contribution in [0.5, 0.6) is 0 Å². The molecule has 0 fully saturated rings. The molecule has 1 heterocycles. The van der Waals surface area contributed by atoms with Gasteiger partial charge in [0.25, 0.3) is 5.56 Å². The van der Waals surface area contributed by atoms with E-state index in [9.17, 15) is 4.79 Å². The first-order valence-electron chi connectivity index (χ1n) is 6.83. The Labute approximate surface area is 124 Å². The summed E-state index contributed by atoms with van der Waals surface area (Å²) in [4.78, 5) is 12.2. The van der Waals surface area contributed by atoms with Gasteiger partial charge < -0.3 is 0 Å². The molecular formula is C17H17N3O. The molecule has 4 nitrogen and oxygen atoms in total. The molecule has 21 heavy (non-hydrogen) atoms. The number of aromatic nitrogens is 1. The first kappa shape index (κ1) is 14.7. The van der Waals surface area contributed by atoms with E-state index in [0.29, 0.717) is 11.3 Å². The van der Waals surface area contributed by atoms with Gasteiger partial charge in [-0.05, 0) is 43.0 Å². The SMILES string of the molecule is CCc1ccc(/C=N\n2c(C)cc(C)c(C#N)c2=O)cc1. The van der Waals surface area contributed by atoms with E-state index in [0.717, 1.165) is 12.0 Å². The lowest BCUT2D eigenvalue weighted by Gasteiger charge is -2.06. The van der Waals surface area contributed by atoms with Crippen LogP contribution in [0.25, 0.3) is 0 Å². The summed E-state index contributed by atoms with van der Waals surface area (Å²) < 4.78 is 1.26.